The summed E-state index contributed by atoms with van der Waals surface area (Å²) in [4.78, 5) is 13.3. The lowest BCUT2D eigenvalue weighted by molar-refractivity contribution is -0.379. The molecule has 0 radical (unpaired) electrons. The van der Waals surface area contributed by atoms with Crippen LogP contribution in [0.15, 0.2) is 109 Å². The Labute approximate surface area is 513 Å². The lowest BCUT2D eigenvalue weighted by Gasteiger charge is -2.48. The SMILES string of the molecule is CC/C=C\C/C=C\C/C=C\C/C=C\C/C=C\C/C=C\C/C=C\CCCCCCCCCCCC(=O)NC(COC1OC(CO)C(OC2OC(CO)C(OC3OC(CO)C(O)C(O)C3O)C(O)C2O)C(O)C1O)C(O)/C=C/CC/C=C/CCCCCC. The molecule has 0 aliphatic carbocycles. The zero-order chi connectivity index (χ0) is 62.6. The summed E-state index contributed by atoms with van der Waals surface area (Å²) in [5, 5.41) is 120. The summed E-state index contributed by atoms with van der Waals surface area (Å²) in [5.74, 6) is -0.300. The molecule has 0 aromatic carbocycles. The molecule has 0 saturated carbocycles. The second-order valence-corrected chi connectivity index (χ2v) is 22.5. The van der Waals surface area contributed by atoms with Gasteiger partial charge in [-0.25, -0.2) is 0 Å². The van der Waals surface area contributed by atoms with E-state index in [-0.39, 0.29) is 18.9 Å². The van der Waals surface area contributed by atoms with Gasteiger partial charge in [-0.05, 0) is 89.9 Å². The van der Waals surface area contributed by atoms with E-state index < -0.39 is 124 Å². The largest absolute Gasteiger partial charge is 0.394 e. The second-order valence-electron chi connectivity index (χ2n) is 22.5. The van der Waals surface area contributed by atoms with Crippen LogP contribution in [0, 0.1) is 0 Å². The van der Waals surface area contributed by atoms with E-state index in [9.17, 15) is 61.0 Å². The number of aliphatic hydroxyl groups is 11. The van der Waals surface area contributed by atoms with Crippen molar-refractivity contribution in [1.29, 1.82) is 0 Å². The minimum atomic E-state index is -1.99. The molecule has 3 saturated heterocycles. The molecule has 17 atom stereocenters. The fourth-order valence-electron chi connectivity index (χ4n) is 10.1. The van der Waals surface area contributed by atoms with Crippen molar-refractivity contribution < 1.29 is 89.4 Å². The van der Waals surface area contributed by atoms with Gasteiger partial charge in [0.1, 0.15) is 73.2 Å². The minimum absolute atomic E-state index is 0.220. The molecule has 3 rings (SSSR count). The Balaban J connectivity index is 1.39. The highest BCUT2D eigenvalue weighted by Crippen LogP contribution is 2.33. The Morgan fingerprint density at radius 1 is 0.430 bits per heavy atom. The summed E-state index contributed by atoms with van der Waals surface area (Å²) >= 11 is 0. The second kappa shape index (κ2) is 48.3. The highest BCUT2D eigenvalue weighted by atomic mass is 16.8. The maximum Gasteiger partial charge on any atom is 0.220 e. The average molecular weight is 1220 g/mol. The third-order valence-corrected chi connectivity index (χ3v) is 15.3. The summed E-state index contributed by atoms with van der Waals surface area (Å²) < 4.78 is 34.2. The van der Waals surface area contributed by atoms with Crippen LogP contribution >= 0.6 is 0 Å². The summed E-state index contributed by atoms with van der Waals surface area (Å²) in [7, 11) is 0. The average Bonchev–Trinajstić information content (AvgIpc) is 1.89. The number of amides is 1. The minimum Gasteiger partial charge on any atom is -0.394 e. The van der Waals surface area contributed by atoms with E-state index >= 15 is 0 Å². The Bertz CT molecular complexity index is 1990. The third-order valence-electron chi connectivity index (χ3n) is 15.3. The number of hydrogen-bond donors (Lipinski definition) is 12. The molecule has 3 aliphatic rings. The van der Waals surface area contributed by atoms with Crippen LogP contribution < -0.4 is 5.32 Å². The Morgan fingerprint density at radius 2 is 0.814 bits per heavy atom. The highest BCUT2D eigenvalue weighted by Gasteiger charge is 2.53. The molecule has 12 N–H and O–H groups in total. The maximum atomic E-state index is 13.3. The molecule has 3 aliphatic heterocycles. The highest BCUT2D eigenvalue weighted by molar-refractivity contribution is 5.76. The number of unbranched alkanes of at least 4 members (excludes halogenated alkanes) is 14. The lowest BCUT2D eigenvalue weighted by Crippen LogP contribution is -2.66. The van der Waals surface area contributed by atoms with E-state index in [1.165, 1.54) is 44.9 Å². The number of ether oxygens (including phenoxy) is 6. The van der Waals surface area contributed by atoms with E-state index in [1.54, 1.807) is 6.08 Å². The van der Waals surface area contributed by atoms with Gasteiger partial charge in [-0.1, -0.05) is 187 Å². The molecule has 0 aromatic rings. The van der Waals surface area contributed by atoms with Gasteiger partial charge in [-0.3, -0.25) is 4.79 Å². The van der Waals surface area contributed by atoms with Gasteiger partial charge in [0.05, 0.1) is 38.6 Å². The summed E-state index contributed by atoms with van der Waals surface area (Å²) in [6, 6.07) is -0.999. The smallest absolute Gasteiger partial charge is 0.220 e. The molecule has 3 fully saturated rings. The molecule has 86 heavy (non-hydrogen) atoms. The number of hydrogen-bond acceptors (Lipinski definition) is 18. The van der Waals surface area contributed by atoms with Gasteiger partial charge in [-0.2, -0.15) is 0 Å². The number of allylic oxidation sites excluding steroid dienone is 17. The molecule has 19 nitrogen and oxygen atoms in total. The van der Waals surface area contributed by atoms with Gasteiger partial charge in [0.25, 0.3) is 0 Å². The summed E-state index contributed by atoms with van der Waals surface area (Å²) in [6.45, 7) is 1.51. The van der Waals surface area contributed by atoms with Gasteiger partial charge in [0, 0.05) is 6.42 Å². The third kappa shape index (κ3) is 30.8. The van der Waals surface area contributed by atoms with Gasteiger partial charge >= 0.3 is 0 Å². The van der Waals surface area contributed by atoms with E-state index in [0.717, 1.165) is 96.3 Å². The van der Waals surface area contributed by atoms with Crippen molar-refractivity contribution in [2.24, 2.45) is 0 Å². The van der Waals surface area contributed by atoms with Crippen molar-refractivity contribution in [2.45, 2.75) is 279 Å². The number of carbonyl (C=O) groups excluding carboxylic acids is 1. The summed E-state index contributed by atoms with van der Waals surface area (Å²) in [6.07, 6.45) is 36.6. The quantitative estimate of drug-likeness (QED) is 0.0214. The van der Waals surface area contributed by atoms with Crippen LogP contribution in [-0.4, -0.2) is 193 Å². The van der Waals surface area contributed by atoms with Crippen molar-refractivity contribution >= 4 is 5.91 Å². The first-order valence-electron chi connectivity index (χ1n) is 32.1. The zero-order valence-corrected chi connectivity index (χ0v) is 51.5. The number of nitrogens with one attached hydrogen (secondary N) is 1. The first-order valence-corrected chi connectivity index (χ1v) is 32.1. The van der Waals surface area contributed by atoms with E-state index in [4.69, 9.17) is 28.4 Å². The van der Waals surface area contributed by atoms with Crippen molar-refractivity contribution in [3.05, 3.63) is 109 Å². The van der Waals surface area contributed by atoms with Crippen LogP contribution in [0.2, 0.25) is 0 Å². The summed E-state index contributed by atoms with van der Waals surface area (Å²) in [5.41, 5.74) is 0. The van der Waals surface area contributed by atoms with Gasteiger partial charge in [-0.15, -0.1) is 0 Å². The molecule has 0 bridgehead atoms. The van der Waals surface area contributed by atoms with Crippen molar-refractivity contribution in [3.8, 4) is 0 Å². The Morgan fingerprint density at radius 3 is 1.30 bits per heavy atom. The first-order chi connectivity index (χ1) is 41.8. The van der Waals surface area contributed by atoms with E-state index in [1.807, 2.05) is 6.08 Å². The molecule has 0 spiro atoms. The predicted octanol–water partition coefficient (Wildman–Crippen LogP) is 7.10. The van der Waals surface area contributed by atoms with Crippen LogP contribution in [0.4, 0.5) is 0 Å². The number of rotatable bonds is 46. The van der Waals surface area contributed by atoms with E-state index in [2.05, 4.69) is 116 Å². The van der Waals surface area contributed by atoms with Crippen molar-refractivity contribution in [3.63, 3.8) is 0 Å². The maximum absolute atomic E-state index is 13.3. The zero-order valence-electron chi connectivity index (χ0n) is 51.5. The lowest BCUT2D eigenvalue weighted by atomic mass is 9.96. The molecule has 19 heteroatoms. The van der Waals surface area contributed by atoms with Crippen molar-refractivity contribution in [1.82, 2.24) is 5.32 Å². The molecule has 0 aromatic heterocycles. The van der Waals surface area contributed by atoms with E-state index in [0.29, 0.717) is 12.8 Å². The van der Waals surface area contributed by atoms with Gasteiger partial charge in [0.2, 0.25) is 5.91 Å². The molecule has 492 valence electrons. The van der Waals surface area contributed by atoms with Crippen molar-refractivity contribution in [2.75, 3.05) is 26.4 Å². The monoisotopic (exact) mass is 1220 g/mol. The Kier molecular flexibility index (Phi) is 43.1. The Hall–Kier alpha value is -3.55. The topological polar surface area (TPSA) is 307 Å². The fourth-order valence-corrected chi connectivity index (χ4v) is 10.1. The molecule has 17 unspecified atom stereocenters. The predicted molar refractivity (Wildman–Crippen MR) is 332 cm³/mol. The molecular formula is C67H111NO18. The van der Waals surface area contributed by atoms with Crippen LogP contribution in [0.5, 0.6) is 0 Å². The first kappa shape index (κ1) is 76.7. The van der Waals surface area contributed by atoms with Gasteiger partial charge < -0.3 is 89.9 Å². The normalized spacial score (nSPS) is 29.5. The molecule has 1 amide bonds. The number of carbonyl (C=O) groups is 1. The van der Waals surface area contributed by atoms with Crippen LogP contribution in [0.25, 0.3) is 0 Å². The fraction of sp³-hybridized carbons (Fsp3) is 0.716. The van der Waals surface area contributed by atoms with Gasteiger partial charge in [0.15, 0.2) is 18.9 Å². The van der Waals surface area contributed by atoms with Crippen LogP contribution in [-0.2, 0) is 33.2 Å². The van der Waals surface area contributed by atoms with Crippen LogP contribution in [0.1, 0.15) is 174 Å². The standard InChI is InChI=1S/C67H111NO18/c1-3-5-7-9-11-13-15-16-17-18-19-20-21-22-23-24-25-26-27-28-29-30-31-32-33-34-35-37-39-41-43-45-55(73)68-50(51(72)44-42-40-38-36-14-12-10-8-6-4-2)49-81-65-61(79)58(76)63(53(47-70)83-65)86-67-62(80)59(77)64(54(48-71)84-67)85-66-60(78)57(75)56(74)52(46-69)82-66/h5,7,11,13-14,16-17,19-20,22-23,25-26,28-29,36,42,44,50-54,56-67,69-72,74-80H,3-4,6,8-10,12,15,18,21,24,27,30-35,37-41,43,45-49H2,1-2H3,(H,68,73)/b7-5-,13-11-,17-16-,20-19-,23-22-,26-25-,29-28-,36-14+,44-42+. The number of aliphatic hydroxyl groups excluding tert-OH is 11. The van der Waals surface area contributed by atoms with Crippen LogP contribution in [0.3, 0.4) is 0 Å². The molecule has 3 heterocycles. The molecular weight excluding hydrogens is 1110 g/mol.